The smallest absolute Gasteiger partial charge is 0.144 e. The van der Waals surface area contributed by atoms with Gasteiger partial charge in [-0.05, 0) is 108 Å². The van der Waals surface area contributed by atoms with E-state index >= 15 is 0 Å². The fourth-order valence-corrected chi connectivity index (χ4v) is 12.9. The topological polar surface area (TPSA) is 0 Å². The van der Waals surface area contributed by atoms with Gasteiger partial charge in [-0.3, -0.25) is 0 Å². The van der Waals surface area contributed by atoms with E-state index in [2.05, 4.69) is 143 Å². The van der Waals surface area contributed by atoms with E-state index in [0.29, 0.717) is 16.6 Å². The van der Waals surface area contributed by atoms with Crippen LogP contribution in [0, 0.1) is 11.5 Å². The predicted octanol–water partition coefficient (Wildman–Crippen LogP) is 11.6. The minimum atomic E-state index is -1.88. The Labute approximate surface area is 237 Å². The van der Waals surface area contributed by atoms with Crippen LogP contribution >= 0.6 is 11.3 Å². The standard InChI is InChI=1S/C37H36SSi/c1-24(2)39(25(3)4,26(5)6)17-15-34-35(37-12-9-16-38-37)14-13-29-20-32-21-30-18-27-10-7-8-11-28(27)19-31(30)22-33(32)23-36(29)34/h7-14,16,18-26H,1-6H3. The molecule has 0 spiro atoms. The molecule has 0 fully saturated rings. The van der Waals surface area contributed by atoms with Gasteiger partial charge in [0.1, 0.15) is 8.07 Å². The van der Waals surface area contributed by atoms with E-state index < -0.39 is 8.07 Å². The molecule has 1 heterocycles. The zero-order valence-electron chi connectivity index (χ0n) is 23.8. The quantitative estimate of drug-likeness (QED) is 0.118. The van der Waals surface area contributed by atoms with Crippen LogP contribution in [0.5, 0.6) is 0 Å². The monoisotopic (exact) mass is 540 g/mol. The van der Waals surface area contributed by atoms with Gasteiger partial charge in [-0.25, -0.2) is 0 Å². The third-order valence-electron chi connectivity index (χ3n) is 8.85. The van der Waals surface area contributed by atoms with Gasteiger partial charge in [0.25, 0.3) is 0 Å². The molecule has 0 saturated heterocycles. The first-order valence-electron chi connectivity index (χ1n) is 14.2. The summed E-state index contributed by atoms with van der Waals surface area (Å²) in [5.74, 6) is 3.87. The first-order valence-corrected chi connectivity index (χ1v) is 17.3. The van der Waals surface area contributed by atoms with E-state index in [4.69, 9.17) is 0 Å². The zero-order chi connectivity index (χ0) is 27.3. The summed E-state index contributed by atoms with van der Waals surface area (Å²) in [6.45, 7) is 14.4. The number of thiophene rings is 1. The molecule has 1 aromatic heterocycles. The summed E-state index contributed by atoms with van der Waals surface area (Å²) < 4.78 is 0. The predicted molar refractivity (Wildman–Crippen MR) is 178 cm³/mol. The summed E-state index contributed by atoms with van der Waals surface area (Å²) in [7, 11) is -1.88. The normalized spacial score (nSPS) is 12.3. The average molecular weight is 541 g/mol. The Morgan fingerprint density at radius 3 is 1.64 bits per heavy atom. The lowest BCUT2D eigenvalue weighted by Crippen LogP contribution is -2.43. The molecule has 2 heteroatoms. The number of benzene rings is 5. The van der Waals surface area contributed by atoms with Crippen molar-refractivity contribution in [2.24, 2.45) is 0 Å². The molecule has 0 aliphatic carbocycles. The average Bonchev–Trinajstić information content (AvgIpc) is 3.44. The van der Waals surface area contributed by atoms with Crippen molar-refractivity contribution in [3.8, 4) is 21.9 Å². The van der Waals surface area contributed by atoms with Gasteiger partial charge in [0.15, 0.2) is 0 Å². The van der Waals surface area contributed by atoms with Crippen molar-refractivity contribution in [3.05, 3.63) is 95.9 Å². The third kappa shape index (κ3) is 4.39. The fourth-order valence-electron chi connectivity index (χ4n) is 6.89. The van der Waals surface area contributed by atoms with Crippen molar-refractivity contribution in [3.63, 3.8) is 0 Å². The van der Waals surface area contributed by atoms with Crippen LogP contribution in [0.4, 0.5) is 0 Å². The molecule has 0 nitrogen and oxygen atoms in total. The number of hydrogen-bond acceptors (Lipinski definition) is 1. The SMILES string of the molecule is CC(C)[Si](C#Cc1c(-c2cccs2)ccc2cc3cc4cc5ccccc5cc4cc3cc12)(C(C)C)C(C)C. The van der Waals surface area contributed by atoms with Crippen LogP contribution in [-0.4, -0.2) is 8.07 Å². The van der Waals surface area contributed by atoms with E-state index in [1.807, 2.05) is 0 Å². The second-order valence-electron chi connectivity index (χ2n) is 11.9. The highest BCUT2D eigenvalue weighted by atomic mass is 32.1. The van der Waals surface area contributed by atoms with Crippen LogP contribution in [0.3, 0.4) is 0 Å². The van der Waals surface area contributed by atoms with Crippen LogP contribution in [0.1, 0.15) is 47.1 Å². The van der Waals surface area contributed by atoms with Crippen molar-refractivity contribution < 1.29 is 0 Å². The van der Waals surface area contributed by atoms with Gasteiger partial charge in [-0.1, -0.05) is 89.9 Å². The number of fused-ring (bicyclic) bond motifs is 4. The molecule has 0 saturated carbocycles. The molecule has 5 aromatic carbocycles. The lowest BCUT2D eigenvalue weighted by atomic mass is 9.93. The molecule has 0 unspecified atom stereocenters. The van der Waals surface area contributed by atoms with Crippen molar-refractivity contribution >= 4 is 62.5 Å². The molecular weight excluding hydrogens is 505 g/mol. The Morgan fingerprint density at radius 1 is 0.564 bits per heavy atom. The van der Waals surface area contributed by atoms with Crippen molar-refractivity contribution in [2.45, 2.75) is 58.2 Å². The molecule has 0 radical (unpaired) electrons. The number of hydrogen-bond donors (Lipinski definition) is 0. The maximum absolute atomic E-state index is 4.03. The van der Waals surface area contributed by atoms with E-state index in [-0.39, 0.29) is 0 Å². The summed E-state index contributed by atoms with van der Waals surface area (Å²) in [5.41, 5.74) is 8.29. The molecule has 194 valence electrons. The molecule has 0 aliphatic rings. The Bertz CT molecular complexity index is 1870. The van der Waals surface area contributed by atoms with Gasteiger partial charge in [0.05, 0.1) is 0 Å². The van der Waals surface area contributed by atoms with Crippen LogP contribution in [0.2, 0.25) is 16.6 Å². The van der Waals surface area contributed by atoms with Crippen molar-refractivity contribution in [1.29, 1.82) is 0 Å². The molecule has 0 bridgehead atoms. The summed E-state index contributed by atoms with van der Waals surface area (Å²) in [5, 5.41) is 12.4. The highest BCUT2D eigenvalue weighted by Crippen LogP contribution is 2.42. The Kier molecular flexibility index (Phi) is 6.62. The summed E-state index contributed by atoms with van der Waals surface area (Å²) in [6, 6.07) is 31.7. The molecule has 0 N–H and O–H groups in total. The highest BCUT2D eigenvalue weighted by molar-refractivity contribution is 7.13. The largest absolute Gasteiger partial charge is 0.146 e. The number of rotatable bonds is 4. The van der Waals surface area contributed by atoms with Gasteiger partial charge in [0, 0.05) is 16.0 Å². The molecule has 6 rings (SSSR count). The zero-order valence-corrected chi connectivity index (χ0v) is 25.6. The maximum Gasteiger partial charge on any atom is 0.146 e. The Morgan fingerprint density at radius 2 is 1.10 bits per heavy atom. The van der Waals surface area contributed by atoms with Gasteiger partial charge in [-0.15, -0.1) is 16.9 Å². The third-order valence-corrected chi connectivity index (χ3v) is 16.0. The Balaban J connectivity index is 1.65. The maximum atomic E-state index is 4.03. The molecule has 39 heavy (non-hydrogen) atoms. The van der Waals surface area contributed by atoms with Gasteiger partial charge in [0.2, 0.25) is 0 Å². The second-order valence-corrected chi connectivity index (χ2v) is 18.5. The molecule has 0 atom stereocenters. The summed E-state index contributed by atoms with van der Waals surface area (Å²) in [6.07, 6.45) is 0. The van der Waals surface area contributed by atoms with Crippen molar-refractivity contribution in [1.82, 2.24) is 0 Å². The molecule has 6 aromatic rings. The van der Waals surface area contributed by atoms with Crippen LogP contribution in [0.15, 0.2) is 90.3 Å². The first kappa shape index (κ1) is 25.9. The van der Waals surface area contributed by atoms with Gasteiger partial charge in [-0.2, -0.15) is 0 Å². The minimum absolute atomic E-state index is 0.604. The molecule has 0 amide bonds. The Hall–Kier alpha value is -3.38. The van der Waals surface area contributed by atoms with E-state index in [0.717, 1.165) is 0 Å². The molecular formula is C37H36SSi. The van der Waals surface area contributed by atoms with Crippen LogP contribution in [0.25, 0.3) is 53.5 Å². The first-order chi connectivity index (χ1) is 18.8. The van der Waals surface area contributed by atoms with Gasteiger partial charge < -0.3 is 0 Å². The lowest BCUT2D eigenvalue weighted by Gasteiger charge is -2.38. The van der Waals surface area contributed by atoms with Gasteiger partial charge >= 0.3 is 0 Å². The lowest BCUT2D eigenvalue weighted by molar-refractivity contribution is 0.838. The second kappa shape index (κ2) is 9.98. The molecule has 0 aliphatic heterocycles. The van der Waals surface area contributed by atoms with E-state index in [1.165, 1.54) is 59.1 Å². The van der Waals surface area contributed by atoms with Crippen LogP contribution < -0.4 is 0 Å². The summed E-state index contributed by atoms with van der Waals surface area (Å²) >= 11 is 1.80. The van der Waals surface area contributed by atoms with Crippen LogP contribution in [-0.2, 0) is 0 Å². The summed E-state index contributed by atoms with van der Waals surface area (Å²) in [4.78, 5) is 1.29. The van der Waals surface area contributed by atoms with E-state index in [9.17, 15) is 0 Å². The fraction of sp³-hybridized carbons (Fsp3) is 0.243. The minimum Gasteiger partial charge on any atom is -0.144 e. The van der Waals surface area contributed by atoms with Crippen molar-refractivity contribution in [2.75, 3.05) is 0 Å². The van der Waals surface area contributed by atoms with E-state index in [1.54, 1.807) is 11.3 Å². The highest BCUT2D eigenvalue weighted by Gasteiger charge is 2.41.